The molecule has 28 heavy (non-hydrogen) atoms. The van der Waals surface area contributed by atoms with Crippen molar-refractivity contribution in [2.75, 3.05) is 17.7 Å². The molecule has 6 N–H and O–H groups in total. The highest BCUT2D eigenvalue weighted by Crippen LogP contribution is 2.32. The minimum Gasteiger partial charge on any atom is -0.394 e. The van der Waals surface area contributed by atoms with Crippen molar-refractivity contribution in [3.05, 3.63) is 41.2 Å². The van der Waals surface area contributed by atoms with Crippen molar-refractivity contribution in [2.24, 2.45) is 0 Å². The number of nitrogens with two attached hydrogens (primary N) is 1. The summed E-state index contributed by atoms with van der Waals surface area (Å²) in [6.07, 6.45) is -2.92. The third kappa shape index (κ3) is 3.36. The van der Waals surface area contributed by atoms with Crippen molar-refractivity contribution < 1.29 is 20.1 Å². The molecule has 4 atom stereocenters. The first-order chi connectivity index (χ1) is 13.5. The molecule has 1 aromatic carbocycles. The van der Waals surface area contributed by atoms with E-state index in [-0.39, 0.29) is 5.95 Å². The average molecular weight is 407 g/mol. The first kappa shape index (κ1) is 18.8. The summed E-state index contributed by atoms with van der Waals surface area (Å²) < 4.78 is 7.01. The number of halogens is 1. The molecule has 11 heteroatoms. The van der Waals surface area contributed by atoms with Gasteiger partial charge in [-0.25, -0.2) is 4.98 Å². The van der Waals surface area contributed by atoms with E-state index in [2.05, 4.69) is 20.3 Å². The largest absolute Gasteiger partial charge is 0.394 e. The van der Waals surface area contributed by atoms with Crippen LogP contribution < -0.4 is 11.1 Å². The highest BCUT2D eigenvalue weighted by atomic mass is 35.5. The monoisotopic (exact) mass is 406 g/mol. The van der Waals surface area contributed by atoms with Gasteiger partial charge in [0.05, 0.1) is 12.9 Å². The second-order valence-electron chi connectivity index (χ2n) is 6.46. The predicted molar refractivity (Wildman–Crippen MR) is 102 cm³/mol. The van der Waals surface area contributed by atoms with Crippen LogP contribution in [0.1, 0.15) is 11.8 Å². The lowest BCUT2D eigenvalue weighted by Gasteiger charge is -2.16. The van der Waals surface area contributed by atoms with Crippen molar-refractivity contribution >= 4 is 34.5 Å². The fourth-order valence-corrected chi connectivity index (χ4v) is 3.27. The zero-order chi connectivity index (χ0) is 19.8. The minimum atomic E-state index is -1.25. The number of aliphatic hydroxyl groups is 3. The zero-order valence-electron chi connectivity index (χ0n) is 14.6. The van der Waals surface area contributed by atoms with Gasteiger partial charge in [0.15, 0.2) is 23.2 Å². The molecular weight excluding hydrogens is 388 g/mol. The van der Waals surface area contributed by atoms with E-state index in [0.29, 0.717) is 28.5 Å². The smallest absolute Gasteiger partial charge is 0.224 e. The maximum absolute atomic E-state index is 10.3. The Morgan fingerprint density at radius 1 is 1.18 bits per heavy atom. The maximum Gasteiger partial charge on any atom is 0.224 e. The predicted octanol–water partition coefficient (Wildman–Crippen LogP) is 0.285. The lowest BCUT2D eigenvalue weighted by atomic mass is 10.1. The molecule has 1 fully saturated rings. The van der Waals surface area contributed by atoms with Crippen molar-refractivity contribution in [1.29, 1.82) is 0 Å². The summed E-state index contributed by atoms with van der Waals surface area (Å²) in [5.41, 5.74) is 7.59. The normalized spacial score (nSPS) is 24.7. The number of aliphatic hydroxyl groups excluding tert-OH is 3. The summed E-state index contributed by atoms with van der Waals surface area (Å²) in [7, 11) is 0. The highest BCUT2D eigenvalue weighted by molar-refractivity contribution is 6.30. The van der Waals surface area contributed by atoms with Gasteiger partial charge < -0.3 is 31.1 Å². The molecule has 1 aliphatic heterocycles. The topological polar surface area (TPSA) is 152 Å². The second-order valence-corrected chi connectivity index (χ2v) is 6.90. The molecule has 3 heterocycles. The number of nitrogens with one attached hydrogen (secondary N) is 1. The number of imidazole rings is 1. The molecule has 2 aromatic heterocycles. The van der Waals surface area contributed by atoms with Crippen LogP contribution in [0.2, 0.25) is 5.02 Å². The molecule has 1 aliphatic rings. The molecule has 0 aliphatic carbocycles. The first-order valence-corrected chi connectivity index (χ1v) is 8.96. The molecule has 3 aromatic rings. The summed E-state index contributed by atoms with van der Waals surface area (Å²) >= 11 is 5.90. The van der Waals surface area contributed by atoms with Gasteiger partial charge in [0.2, 0.25) is 5.95 Å². The van der Waals surface area contributed by atoms with E-state index >= 15 is 0 Å². The Morgan fingerprint density at radius 3 is 2.61 bits per heavy atom. The van der Waals surface area contributed by atoms with Gasteiger partial charge >= 0.3 is 0 Å². The molecule has 1 unspecified atom stereocenters. The van der Waals surface area contributed by atoms with Crippen LogP contribution >= 0.6 is 11.6 Å². The van der Waals surface area contributed by atoms with Gasteiger partial charge in [0.1, 0.15) is 18.3 Å². The lowest BCUT2D eigenvalue weighted by molar-refractivity contribution is -0.0511. The van der Waals surface area contributed by atoms with E-state index in [0.717, 1.165) is 5.56 Å². The Bertz CT molecular complexity index is 982. The average Bonchev–Trinajstić information content (AvgIpc) is 3.22. The summed E-state index contributed by atoms with van der Waals surface area (Å²) in [5, 5.41) is 33.4. The van der Waals surface area contributed by atoms with E-state index in [1.807, 2.05) is 12.1 Å². The van der Waals surface area contributed by atoms with Crippen LogP contribution in [0.15, 0.2) is 30.6 Å². The van der Waals surface area contributed by atoms with E-state index in [1.165, 1.54) is 10.9 Å². The Balaban J connectivity index is 1.64. The van der Waals surface area contributed by atoms with Crippen LogP contribution in [0.25, 0.3) is 11.2 Å². The SMILES string of the molecule is Nc1nc(NCc2ccc(Cl)cc2)c2ncn(C3O[C@H](CO)[C@@H](O)[C@H]3O)c2n1. The molecule has 0 amide bonds. The molecule has 1 saturated heterocycles. The number of hydrogen-bond acceptors (Lipinski definition) is 9. The fraction of sp³-hybridized carbons (Fsp3) is 0.353. The van der Waals surface area contributed by atoms with Crippen LogP contribution in [-0.4, -0.2) is 59.8 Å². The molecule has 0 bridgehead atoms. The number of nitrogens with zero attached hydrogens (tertiary/aromatic N) is 4. The number of nitrogen functional groups attached to an aromatic ring is 1. The number of anilines is 2. The Kier molecular flexibility index (Phi) is 5.04. The molecule has 148 valence electrons. The van der Waals surface area contributed by atoms with E-state index < -0.39 is 31.1 Å². The van der Waals surface area contributed by atoms with Crippen LogP contribution in [0.5, 0.6) is 0 Å². The second kappa shape index (κ2) is 7.49. The van der Waals surface area contributed by atoms with Crippen LogP contribution in [0.3, 0.4) is 0 Å². The van der Waals surface area contributed by atoms with Gasteiger partial charge in [-0.3, -0.25) is 4.57 Å². The van der Waals surface area contributed by atoms with Gasteiger partial charge in [0.25, 0.3) is 0 Å². The number of ether oxygens (including phenoxy) is 1. The number of aromatic nitrogens is 4. The van der Waals surface area contributed by atoms with Crippen molar-refractivity contribution in [1.82, 2.24) is 19.5 Å². The van der Waals surface area contributed by atoms with Crippen molar-refractivity contribution in [3.8, 4) is 0 Å². The van der Waals surface area contributed by atoms with Gasteiger partial charge in [-0.05, 0) is 17.7 Å². The number of benzene rings is 1. The summed E-state index contributed by atoms with van der Waals surface area (Å²) in [6, 6.07) is 7.35. The van der Waals surface area contributed by atoms with Gasteiger partial charge in [-0.15, -0.1) is 0 Å². The molecule has 0 saturated carbocycles. The Hall–Kier alpha value is -2.50. The van der Waals surface area contributed by atoms with Gasteiger partial charge in [0, 0.05) is 11.6 Å². The Morgan fingerprint density at radius 2 is 1.93 bits per heavy atom. The van der Waals surface area contributed by atoms with Crippen molar-refractivity contribution in [3.63, 3.8) is 0 Å². The summed E-state index contributed by atoms with van der Waals surface area (Å²) in [4.78, 5) is 12.7. The molecule has 4 rings (SSSR count). The number of fused-ring (bicyclic) bond motifs is 1. The third-order valence-electron chi connectivity index (χ3n) is 4.60. The molecule has 0 radical (unpaired) electrons. The zero-order valence-corrected chi connectivity index (χ0v) is 15.4. The number of hydrogen-bond donors (Lipinski definition) is 5. The third-order valence-corrected chi connectivity index (χ3v) is 4.86. The summed E-state index contributed by atoms with van der Waals surface area (Å²) in [6.45, 7) is 0.0375. The molecule has 0 spiro atoms. The standard InChI is InChI=1S/C17H19ClN6O4/c18-9-3-1-8(2-4-9)5-20-14-11-15(23-17(19)22-14)24(7-21-11)16-13(27)12(26)10(6-25)28-16/h1-4,7,10,12-13,16,25-27H,5-6H2,(H3,19,20,22,23)/t10-,12-,13-,16?/m1/s1. The molecule has 10 nitrogen and oxygen atoms in total. The number of rotatable bonds is 5. The van der Waals surface area contributed by atoms with Gasteiger partial charge in [-0.1, -0.05) is 23.7 Å². The molecular formula is C17H19ClN6O4. The highest BCUT2D eigenvalue weighted by Gasteiger charge is 2.44. The van der Waals surface area contributed by atoms with E-state index in [1.54, 1.807) is 12.1 Å². The minimum absolute atomic E-state index is 0.0135. The van der Waals surface area contributed by atoms with E-state index in [9.17, 15) is 15.3 Å². The maximum atomic E-state index is 10.3. The van der Waals surface area contributed by atoms with Crippen LogP contribution in [-0.2, 0) is 11.3 Å². The quantitative estimate of drug-likeness (QED) is 0.402. The first-order valence-electron chi connectivity index (χ1n) is 8.58. The van der Waals surface area contributed by atoms with Gasteiger partial charge in [-0.2, -0.15) is 9.97 Å². The van der Waals surface area contributed by atoms with E-state index in [4.69, 9.17) is 22.1 Å². The Labute approximate surface area is 164 Å². The lowest BCUT2D eigenvalue weighted by Crippen LogP contribution is -2.33. The van der Waals surface area contributed by atoms with Crippen LogP contribution in [0.4, 0.5) is 11.8 Å². The van der Waals surface area contributed by atoms with Crippen molar-refractivity contribution in [2.45, 2.75) is 31.1 Å². The fourth-order valence-electron chi connectivity index (χ4n) is 3.14. The summed E-state index contributed by atoms with van der Waals surface area (Å²) in [5.74, 6) is 0.433. The van der Waals surface area contributed by atoms with Crippen LogP contribution in [0, 0.1) is 0 Å².